The van der Waals surface area contributed by atoms with Crippen molar-refractivity contribution < 1.29 is 9.90 Å². The van der Waals surface area contributed by atoms with Crippen LogP contribution in [0.2, 0.25) is 0 Å². The molecule has 2 atom stereocenters. The molecule has 1 fully saturated rings. The van der Waals surface area contributed by atoms with Crippen LogP contribution in [0.1, 0.15) is 29.5 Å². The van der Waals surface area contributed by atoms with Gasteiger partial charge in [0, 0.05) is 43.9 Å². The highest BCUT2D eigenvalue weighted by Gasteiger charge is 2.38. The number of aliphatic carboxylic acids is 1. The number of carboxylic acid groups (broad SMARTS) is 1. The monoisotopic (exact) mass is 313 g/mol. The zero-order valence-corrected chi connectivity index (χ0v) is 13.6. The Morgan fingerprint density at radius 2 is 2.13 bits per heavy atom. The van der Waals surface area contributed by atoms with Crippen molar-refractivity contribution >= 4 is 5.97 Å². The van der Waals surface area contributed by atoms with Gasteiger partial charge in [-0.1, -0.05) is 24.3 Å². The molecule has 0 saturated carbocycles. The van der Waals surface area contributed by atoms with Gasteiger partial charge in [-0.15, -0.1) is 0 Å². The zero-order chi connectivity index (χ0) is 16.4. The van der Waals surface area contributed by atoms with E-state index in [1.807, 2.05) is 29.2 Å². The molecule has 0 amide bonds. The molecule has 5 heteroatoms. The maximum atomic E-state index is 11.7. The molecule has 1 N–H and O–H groups in total. The molecule has 0 bridgehead atoms. The number of aryl methyl sites for hydroxylation is 2. The average molecular weight is 313 g/mol. The first-order valence-corrected chi connectivity index (χ1v) is 8.10. The van der Waals surface area contributed by atoms with Gasteiger partial charge in [0.05, 0.1) is 12.1 Å². The lowest BCUT2D eigenvalue weighted by molar-refractivity contribution is -0.141. The molecule has 5 nitrogen and oxygen atoms in total. The van der Waals surface area contributed by atoms with E-state index in [9.17, 15) is 9.90 Å². The average Bonchev–Trinajstić information content (AvgIpc) is 3.15. The van der Waals surface area contributed by atoms with Crippen LogP contribution < -0.4 is 0 Å². The van der Waals surface area contributed by atoms with Crippen LogP contribution in [-0.4, -0.2) is 38.8 Å². The van der Waals surface area contributed by atoms with E-state index in [0.29, 0.717) is 6.54 Å². The van der Waals surface area contributed by atoms with Crippen molar-refractivity contribution in [2.24, 2.45) is 5.92 Å². The van der Waals surface area contributed by atoms with Crippen LogP contribution >= 0.6 is 0 Å². The maximum absolute atomic E-state index is 11.7. The first kappa shape index (κ1) is 15.7. The van der Waals surface area contributed by atoms with Gasteiger partial charge >= 0.3 is 5.97 Å². The molecule has 0 radical (unpaired) electrons. The predicted octanol–water partition coefficient (Wildman–Crippen LogP) is 2.51. The van der Waals surface area contributed by atoms with E-state index in [1.54, 1.807) is 0 Å². The van der Waals surface area contributed by atoms with Crippen LogP contribution in [0.3, 0.4) is 0 Å². The lowest BCUT2D eigenvalue weighted by atomic mass is 9.86. The summed E-state index contributed by atoms with van der Waals surface area (Å²) in [5.41, 5.74) is 3.47. The number of likely N-dealkylation sites (tertiary alicyclic amines) is 1. The first-order chi connectivity index (χ1) is 11.1. The number of carbonyl (C=O) groups is 1. The van der Waals surface area contributed by atoms with E-state index >= 15 is 0 Å². The van der Waals surface area contributed by atoms with Crippen LogP contribution in [0, 0.1) is 12.8 Å². The van der Waals surface area contributed by atoms with Gasteiger partial charge in [-0.3, -0.25) is 14.4 Å². The summed E-state index contributed by atoms with van der Waals surface area (Å²) in [5, 5.41) is 13.9. The first-order valence-electron chi connectivity index (χ1n) is 8.10. The van der Waals surface area contributed by atoms with Gasteiger partial charge in [0.2, 0.25) is 0 Å². The fourth-order valence-electron chi connectivity index (χ4n) is 3.50. The molecule has 2 aromatic rings. The zero-order valence-electron chi connectivity index (χ0n) is 13.6. The van der Waals surface area contributed by atoms with Crippen LogP contribution in [0.15, 0.2) is 36.7 Å². The third-order valence-corrected chi connectivity index (χ3v) is 4.72. The molecule has 0 aliphatic carbocycles. The van der Waals surface area contributed by atoms with E-state index < -0.39 is 5.97 Å². The second-order valence-corrected chi connectivity index (χ2v) is 6.31. The Kier molecular flexibility index (Phi) is 4.48. The quantitative estimate of drug-likeness (QED) is 0.921. The normalized spacial score (nSPS) is 21.7. The standard InChI is InChI=1S/C18H23N3O2/c1-3-21-10-14(8-19-21)9-20-11-16(17(12-20)18(22)23)15-7-5-4-6-13(15)2/h4-8,10,16-17H,3,9,11-12H2,1-2H3,(H,22,23)/t16-,17+/m1/s1. The second-order valence-electron chi connectivity index (χ2n) is 6.31. The molecule has 1 aromatic heterocycles. The van der Waals surface area contributed by atoms with E-state index in [0.717, 1.165) is 30.8 Å². The SMILES string of the molecule is CCn1cc(CN2C[C@H](C(=O)O)[C@@H](c3ccccc3C)C2)cn1. The molecule has 122 valence electrons. The Bertz CT molecular complexity index is 695. The van der Waals surface area contributed by atoms with Gasteiger partial charge in [-0.2, -0.15) is 5.10 Å². The molecular formula is C18H23N3O2. The molecule has 2 heterocycles. The van der Waals surface area contributed by atoms with Gasteiger partial charge < -0.3 is 5.11 Å². The lowest BCUT2D eigenvalue weighted by Gasteiger charge is -2.17. The minimum Gasteiger partial charge on any atom is -0.481 e. The Morgan fingerprint density at radius 1 is 1.35 bits per heavy atom. The van der Waals surface area contributed by atoms with E-state index in [4.69, 9.17) is 0 Å². The van der Waals surface area contributed by atoms with Crippen molar-refractivity contribution in [3.63, 3.8) is 0 Å². The van der Waals surface area contributed by atoms with Crippen molar-refractivity contribution in [1.29, 1.82) is 0 Å². The van der Waals surface area contributed by atoms with E-state index in [-0.39, 0.29) is 11.8 Å². The number of aromatic nitrogens is 2. The summed E-state index contributed by atoms with van der Waals surface area (Å²) < 4.78 is 1.90. The Labute approximate surface area is 136 Å². The van der Waals surface area contributed by atoms with Crippen molar-refractivity contribution in [2.45, 2.75) is 32.9 Å². The highest BCUT2D eigenvalue weighted by Crippen LogP contribution is 2.35. The minimum atomic E-state index is -0.704. The summed E-state index contributed by atoms with van der Waals surface area (Å²) in [5.74, 6) is -1.00. The van der Waals surface area contributed by atoms with Crippen molar-refractivity contribution in [3.05, 3.63) is 53.3 Å². The van der Waals surface area contributed by atoms with Crippen LogP contribution in [0.25, 0.3) is 0 Å². The van der Waals surface area contributed by atoms with Crippen molar-refractivity contribution in [3.8, 4) is 0 Å². The number of nitrogens with zero attached hydrogens (tertiary/aromatic N) is 3. The van der Waals surface area contributed by atoms with Crippen LogP contribution in [0.4, 0.5) is 0 Å². The topological polar surface area (TPSA) is 58.4 Å². The summed E-state index contributed by atoms with van der Waals surface area (Å²) in [7, 11) is 0. The van der Waals surface area contributed by atoms with Gasteiger partial charge in [0.25, 0.3) is 0 Å². The third-order valence-electron chi connectivity index (χ3n) is 4.72. The van der Waals surface area contributed by atoms with Crippen LogP contribution in [0.5, 0.6) is 0 Å². The smallest absolute Gasteiger partial charge is 0.308 e. The van der Waals surface area contributed by atoms with Gasteiger partial charge in [-0.05, 0) is 25.0 Å². The van der Waals surface area contributed by atoms with Gasteiger partial charge in [0.1, 0.15) is 0 Å². The maximum Gasteiger partial charge on any atom is 0.308 e. The van der Waals surface area contributed by atoms with Crippen molar-refractivity contribution in [2.75, 3.05) is 13.1 Å². The summed E-state index contributed by atoms with van der Waals surface area (Å²) in [6.07, 6.45) is 3.91. The summed E-state index contributed by atoms with van der Waals surface area (Å²) in [6, 6.07) is 8.12. The fraction of sp³-hybridized carbons (Fsp3) is 0.444. The lowest BCUT2D eigenvalue weighted by Crippen LogP contribution is -2.23. The summed E-state index contributed by atoms with van der Waals surface area (Å²) >= 11 is 0. The largest absolute Gasteiger partial charge is 0.481 e. The molecule has 23 heavy (non-hydrogen) atoms. The number of rotatable bonds is 5. The number of benzene rings is 1. The summed E-state index contributed by atoms with van der Waals surface area (Å²) in [6.45, 7) is 7.09. The molecular weight excluding hydrogens is 290 g/mol. The highest BCUT2D eigenvalue weighted by molar-refractivity contribution is 5.72. The van der Waals surface area contributed by atoms with Gasteiger partial charge in [-0.25, -0.2) is 0 Å². The molecule has 0 spiro atoms. The molecule has 1 saturated heterocycles. The number of hydrogen-bond acceptors (Lipinski definition) is 3. The second kappa shape index (κ2) is 6.54. The van der Waals surface area contributed by atoms with E-state index in [1.165, 1.54) is 5.56 Å². The highest BCUT2D eigenvalue weighted by atomic mass is 16.4. The molecule has 3 rings (SSSR count). The van der Waals surface area contributed by atoms with Gasteiger partial charge in [0.15, 0.2) is 0 Å². The number of carboxylic acids is 1. The Balaban J connectivity index is 1.78. The minimum absolute atomic E-state index is 0.0509. The molecule has 1 aliphatic rings. The van der Waals surface area contributed by atoms with Crippen molar-refractivity contribution in [1.82, 2.24) is 14.7 Å². The Hall–Kier alpha value is -2.14. The predicted molar refractivity (Wildman–Crippen MR) is 88.2 cm³/mol. The summed E-state index contributed by atoms with van der Waals surface area (Å²) in [4.78, 5) is 13.9. The third kappa shape index (κ3) is 3.29. The molecule has 1 aliphatic heterocycles. The fourth-order valence-corrected chi connectivity index (χ4v) is 3.50. The molecule has 1 aromatic carbocycles. The number of hydrogen-bond donors (Lipinski definition) is 1. The molecule has 0 unspecified atom stereocenters. The van der Waals surface area contributed by atoms with Crippen LogP contribution in [-0.2, 0) is 17.9 Å². The Morgan fingerprint density at radius 3 is 2.78 bits per heavy atom. The van der Waals surface area contributed by atoms with E-state index in [2.05, 4.69) is 36.0 Å².